The Balaban J connectivity index is 2.14. The Bertz CT molecular complexity index is 215. The number of nitrogens with two attached hydrogens (primary N) is 1. The van der Waals surface area contributed by atoms with Gasteiger partial charge in [-0.15, -0.1) is 0 Å². The first-order chi connectivity index (χ1) is 7.06. The van der Waals surface area contributed by atoms with Gasteiger partial charge in [0.05, 0.1) is 0 Å². The molecule has 0 aromatic carbocycles. The fourth-order valence-electron chi connectivity index (χ4n) is 3.93. The van der Waals surface area contributed by atoms with E-state index in [4.69, 9.17) is 5.73 Å². The van der Waals surface area contributed by atoms with Crippen molar-refractivity contribution in [2.24, 2.45) is 17.1 Å². The van der Waals surface area contributed by atoms with Gasteiger partial charge in [0.2, 0.25) is 0 Å². The molecule has 0 heterocycles. The van der Waals surface area contributed by atoms with E-state index in [1.165, 1.54) is 57.8 Å². The average Bonchev–Trinajstić information content (AvgIpc) is 2.24. The van der Waals surface area contributed by atoms with Crippen LogP contribution in [0.2, 0.25) is 0 Å². The molecule has 0 saturated heterocycles. The fraction of sp³-hybridized carbons (Fsp3) is 1.00. The van der Waals surface area contributed by atoms with E-state index in [1.54, 1.807) is 0 Å². The zero-order valence-corrected chi connectivity index (χ0v) is 10.5. The minimum absolute atomic E-state index is 0.145. The molecule has 0 spiro atoms. The van der Waals surface area contributed by atoms with Crippen LogP contribution >= 0.6 is 0 Å². The summed E-state index contributed by atoms with van der Waals surface area (Å²) in [5.41, 5.74) is 7.32. The summed E-state index contributed by atoms with van der Waals surface area (Å²) in [6.45, 7) is 4.81. The minimum Gasteiger partial charge on any atom is -0.324 e. The van der Waals surface area contributed by atoms with E-state index < -0.39 is 0 Å². The van der Waals surface area contributed by atoms with Gasteiger partial charge in [-0.05, 0) is 37.0 Å². The van der Waals surface area contributed by atoms with Gasteiger partial charge in [-0.25, -0.2) is 0 Å². The topological polar surface area (TPSA) is 26.0 Å². The molecular formula is C14H27N. The molecule has 0 aliphatic heterocycles. The summed E-state index contributed by atoms with van der Waals surface area (Å²) in [6, 6.07) is 0. The van der Waals surface area contributed by atoms with Gasteiger partial charge in [0.25, 0.3) is 0 Å². The molecule has 0 radical (unpaired) electrons. The van der Waals surface area contributed by atoms with Crippen LogP contribution in [0.5, 0.6) is 0 Å². The Morgan fingerprint density at radius 1 is 0.867 bits per heavy atom. The van der Waals surface area contributed by atoms with Gasteiger partial charge in [-0.1, -0.05) is 46.0 Å². The quantitative estimate of drug-likeness (QED) is 0.697. The Hall–Kier alpha value is -0.0400. The van der Waals surface area contributed by atoms with Crippen molar-refractivity contribution >= 4 is 0 Å². The molecule has 2 fully saturated rings. The molecular weight excluding hydrogens is 182 g/mol. The number of rotatable bonds is 1. The molecule has 2 N–H and O–H groups in total. The Labute approximate surface area is 94.8 Å². The van der Waals surface area contributed by atoms with Crippen LogP contribution in [-0.4, -0.2) is 5.54 Å². The van der Waals surface area contributed by atoms with Crippen LogP contribution in [-0.2, 0) is 0 Å². The average molecular weight is 209 g/mol. The molecule has 0 amide bonds. The maximum atomic E-state index is 6.81. The zero-order valence-electron chi connectivity index (χ0n) is 10.5. The van der Waals surface area contributed by atoms with Crippen molar-refractivity contribution in [3.05, 3.63) is 0 Å². The third-order valence-electron chi connectivity index (χ3n) is 5.24. The predicted molar refractivity (Wildman–Crippen MR) is 65.7 cm³/mol. The summed E-state index contributed by atoms with van der Waals surface area (Å²) in [7, 11) is 0. The van der Waals surface area contributed by atoms with Gasteiger partial charge in [-0.2, -0.15) is 0 Å². The van der Waals surface area contributed by atoms with Crippen LogP contribution in [0.15, 0.2) is 0 Å². The summed E-state index contributed by atoms with van der Waals surface area (Å²) in [5, 5.41) is 0. The van der Waals surface area contributed by atoms with Crippen molar-refractivity contribution in [2.45, 2.75) is 77.2 Å². The van der Waals surface area contributed by atoms with Crippen molar-refractivity contribution in [1.82, 2.24) is 0 Å². The van der Waals surface area contributed by atoms with Crippen molar-refractivity contribution in [3.8, 4) is 0 Å². The summed E-state index contributed by atoms with van der Waals surface area (Å²) >= 11 is 0. The number of hydrogen-bond acceptors (Lipinski definition) is 1. The fourth-order valence-corrected chi connectivity index (χ4v) is 3.93. The van der Waals surface area contributed by atoms with E-state index in [9.17, 15) is 0 Å². The summed E-state index contributed by atoms with van der Waals surface area (Å²) in [4.78, 5) is 0. The van der Waals surface area contributed by atoms with Crippen molar-refractivity contribution in [2.75, 3.05) is 0 Å². The van der Waals surface area contributed by atoms with Crippen molar-refractivity contribution in [3.63, 3.8) is 0 Å². The molecule has 0 aromatic rings. The van der Waals surface area contributed by atoms with Crippen LogP contribution < -0.4 is 5.73 Å². The van der Waals surface area contributed by atoms with Gasteiger partial charge in [0.1, 0.15) is 0 Å². The lowest BCUT2D eigenvalue weighted by molar-refractivity contribution is 0.0273. The van der Waals surface area contributed by atoms with Gasteiger partial charge < -0.3 is 5.73 Å². The maximum absolute atomic E-state index is 6.81. The van der Waals surface area contributed by atoms with Crippen LogP contribution in [0.1, 0.15) is 71.6 Å². The van der Waals surface area contributed by atoms with Gasteiger partial charge in [0.15, 0.2) is 0 Å². The first kappa shape index (κ1) is 11.4. The van der Waals surface area contributed by atoms with E-state index in [-0.39, 0.29) is 5.54 Å². The standard InChI is InChI=1S/C14H27N/c1-13(2)10-6-7-11-14(13,15)12-8-4-3-5-9-12/h12H,3-11,15H2,1-2H3. The molecule has 1 nitrogen and oxygen atoms in total. The molecule has 0 aromatic heterocycles. The molecule has 2 rings (SSSR count). The first-order valence-corrected chi connectivity index (χ1v) is 6.85. The van der Waals surface area contributed by atoms with Crippen LogP contribution in [0, 0.1) is 11.3 Å². The highest BCUT2D eigenvalue weighted by molar-refractivity contribution is 5.04. The molecule has 2 aliphatic carbocycles. The molecule has 1 atom stereocenters. The third-order valence-corrected chi connectivity index (χ3v) is 5.24. The second kappa shape index (κ2) is 4.08. The SMILES string of the molecule is CC1(C)CCCCC1(N)C1CCCCC1. The summed E-state index contributed by atoms with van der Waals surface area (Å²) < 4.78 is 0. The van der Waals surface area contributed by atoms with E-state index in [0.717, 1.165) is 5.92 Å². The predicted octanol–water partition coefficient (Wildman–Crippen LogP) is 3.86. The number of hydrogen-bond donors (Lipinski definition) is 1. The minimum atomic E-state index is 0.145. The Kier molecular flexibility index (Phi) is 3.12. The van der Waals surface area contributed by atoms with Crippen LogP contribution in [0.25, 0.3) is 0 Å². The Morgan fingerprint density at radius 3 is 2.07 bits per heavy atom. The van der Waals surface area contributed by atoms with Gasteiger partial charge in [-0.3, -0.25) is 0 Å². The molecule has 1 unspecified atom stereocenters. The van der Waals surface area contributed by atoms with Crippen molar-refractivity contribution in [1.29, 1.82) is 0 Å². The molecule has 2 saturated carbocycles. The van der Waals surface area contributed by atoms with Gasteiger partial charge >= 0.3 is 0 Å². The highest BCUT2D eigenvalue weighted by atomic mass is 14.8. The van der Waals surface area contributed by atoms with Gasteiger partial charge in [0, 0.05) is 5.54 Å². The van der Waals surface area contributed by atoms with E-state index in [0.29, 0.717) is 5.41 Å². The monoisotopic (exact) mass is 209 g/mol. The smallest absolute Gasteiger partial charge is 0.0234 e. The van der Waals surface area contributed by atoms with Crippen molar-refractivity contribution < 1.29 is 0 Å². The first-order valence-electron chi connectivity index (χ1n) is 6.85. The largest absolute Gasteiger partial charge is 0.324 e. The highest BCUT2D eigenvalue weighted by Gasteiger charge is 2.48. The summed E-state index contributed by atoms with van der Waals surface area (Å²) in [6.07, 6.45) is 12.4. The molecule has 88 valence electrons. The van der Waals surface area contributed by atoms with E-state index in [2.05, 4.69) is 13.8 Å². The van der Waals surface area contributed by atoms with Crippen LogP contribution in [0.3, 0.4) is 0 Å². The lowest BCUT2D eigenvalue weighted by Crippen LogP contribution is -2.60. The second-order valence-electron chi connectivity index (χ2n) is 6.47. The molecule has 1 heteroatoms. The third kappa shape index (κ3) is 1.95. The lowest BCUT2D eigenvalue weighted by Gasteiger charge is -2.53. The Morgan fingerprint density at radius 2 is 1.47 bits per heavy atom. The summed E-state index contributed by atoms with van der Waals surface area (Å²) in [5.74, 6) is 0.807. The van der Waals surface area contributed by atoms with Crippen LogP contribution in [0.4, 0.5) is 0 Å². The molecule has 15 heavy (non-hydrogen) atoms. The normalized spacial score (nSPS) is 37.8. The zero-order chi connectivity index (χ0) is 10.9. The highest BCUT2D eigenvalue weighted by Crippen LogP contribution is 2.49. The van der Waals surface area contributed by atoms with E-state index >= 15 is 0 Å². The lowest BCUT2D eigenvalue weighted by atomic mass is 9.56. The molecule has 2 aliphatic rings. The maximum Gasteiger partial charge on any atom is 0.0234 e. The second-order valence-corrected chi connectivity index (χ2v) is 6.47. The molecule has 0 bridgehead atoms. The van der Waals surface area contributed by atoms with E-state index in [1.807, 2.05) is 0 Å².